The van der Waals surface area contributed by atoms with E-state index in [-0.39, 0.29) is 11.2 Å². The zero-order chi connectivity index (χ0) is 14.5. The number of rotatable bonds is 4. The summed E-state index contributed by atoms with van der Waals surface area (Å²) < 4.78 is 2.00. The van der Waals surface area contributed by atoms with E-state index in [0.717, 1.165) is 30.1 Å². The van der Waals surface area contributed by atoms with Gasteiger partial charge in [-0.25, -0.2) is 4.58 Å². The fourth-order valence-electron chi connectivity index (χ4n) is 2.23. The van der Waals surface area contributed by atoms with Crippen molar-refractivity contribution < 1.29 is 9.37 Å². The van der Waals surface area contributed by atoms with Gasteiger partial charge in [0.2, 0.25) is 5.12 Å². The van der Waals surface area contributed by atoms with E-state index < -0.39 is 0 Å². The first-order valence-corrected chi connectivity index (χ1v) is 7.97. The molecule has 5 nitrogen and oxygen atoms in total. The van der Waals surface area contributed by atoms with Gasteiger partial charge in [0, 0.05) is 5.75 Å². The van der Waals surface area contributed by atoms with Gasteiger partial charge in [0.15, 0.2) is 0 Å². The van der Waals surface area contributed by atoms with Crippen LogP contribution in [0.1, 0.15) is 12.8 Å². The number of benzene rings is 1. The van der Waals surface area contributed by atoms with Crippen molar-refractivity contribution in [3.8, 4) is 0 Å². The van der Waals surface area contributed by atoms with Gasteiger partial charge in [-0.05, 0) is 29.7 Å². The molecule has 2 aliphatic rings. The van der Waals surface area contributed by atoms with E-state index in [2.05, 4.69) is 15.5 Å². The minimum Gasteiger partial charge on any atom is -0.285 e. The Balaban J connectivity index is 1.63. The molecule has 1 aromatic carbocycles. The number of amidine groups is 1. The minimum atomic E-state index is -0.0312. The lowest BCUT2D eigenvalue weighted by atomic mass is 10.2. The van der Waals surface area contributed by atoms with Crippen molar-refractivity contribution in [2.75, 3.05) is 12.4 Å². The number of hydrogen-bond donors (Lipinski definition) is 1. The third kappa shape index (κ3) is 3.65. The zero-order valence-corrected chi connectivity index (χ0v) is 12.4. The van der Waals surface area contributed by atoms with Crippen LogP contribution in [0.4, 0.5) is 5.69 Å². The predicted molar refractivity (Wildman–Crippen MR) is 83.9 cm³/mol. The molecule has 1 fully saturated rings. The third-order valence-corrected chi connectivity index (χ3v) is 4.41. The van der Waals surface area contributed by atoms with E-state index in [9.17, 15) is 4.79 Å². The molecule has 1 atom stereocenters. The smallest absolute Gasteiger partial charge is 0.285 e. The first-order chi connectivity index (χ1) is 10.3. The Morgan fingerprint density at radius 3 is 2.90 bits per heavy atom. The van der Waals surface area contributed by atoms with Crippen LogP contribution < -0.4 is 5.32 Å². The van der Waals surface area contributed by atoms with Crippen LogP contribution >= 0.6 is 11.8 Å². The highest BCUT2D eigenvalue weighted by Gasteiger charge is 2.26. The lowest BCUT2D eigenvalue weighted by Gasteiger charge is -2.08. The van der Waals surface area contributed by atoms with Crippen LogP contribution in [0.3, 0.4) is 0 Å². The Kier molecular flexibility index (Phi) is 4.57. The molecule has 0 amide bonds. The van der Waals surface area contributed by atoms with Crippen molar-refractivity contribution in [3.05, 3.63) is 42.6 Å². The Morgan fingerprint density at radius 1 is 1.29 bits per heavy atom. The van der Waals surface area contributed by atoms with E-state index in [1.807, 2.05) is 47.2 Å². The lowest BCUT2D eigenvalue weighted by molar-refractivity contribution is -0.461. The molecular weight excluding hydrogens is 284 g/mol. The molecule has 1 aromatic rings. The molecule has 0 aromatic heterocycles. The molecule has 0 bridgehead atoms. The van der Waals surface area contributed by atoms with Crippen molar-refractivity contribution in [1.82, 2.24) is 5.32 Å². The van der Waals surface area contributed by atoms with E-state index in [4.69, 9.17) is 0 Å². The summed E-state index contributed by atoms with van der Waals surface area (Å²) in [5.74, 6) is 1.81. The van der Waals surface area contributed by atoms with Gasteiger partial charge in [-0.15, -0.1) is 0 Å². The average molecular weight is 301 g/mol. The number of carbonyl (C=O) groups is 1. The summed E-state index contributed by atoms with van der Waals surface area (Å²) in [4.78, 5) is 11.6. The van der Waals surface area contributed by atoms with Gasteiger partial charge in [0.25, 0.3) is 0 Å². The molecule has 0 saturated carbocycles. The first kappa shape index (κ1) is 14.2. The van der Waals surface area contributed by atoms with Crippen LogP contribution in [0.5, 0.6) is 0 Å². The summed E-state index contributed by atoms with van der Waals surface area (Å²) in [5, 5.41) is 12.1. The number of hydrogen-bond acceptors (Lipinski definition) is 5. The number of carbonyl (C=O) groups excluding carboxylic acids is 1. The molecule has 21 heavy (non-hydrogen) atoms. The van der Waals surface area contributed by atoms with Gasteiger partial charge in [-0.3, -0.25) is 10.1 Å². The predicted octanol–water partition coefficient (Wildman–Crippen LogP) is 2.68. The van der Waals surface area contributed by atoms with Crippen molar-refractivity contribution in [2.24, 2.45) is 10.2 Å². The largest absolute Gasteiger partial charge is 0.331 e. The second kappa shape index (κ2) is 6.78. The highest BCUT2D eigenvalue weighted by molar-refractivity contribution is 8.14. The summed E-state index contributed by atoms with van der Waals surface area (Å²) in [6.45, 7) is 0.594. The van der Waals surface area contributed by atoms with Crippen molar-refractivity contribution in [2.45, 2.75) is 18.9 Å². The van der Waals surface area contributed by atoms with Crippen molar-refractivity contribution >= 4 is 28.4 Å². The molecule has 2 heterocycles. The van der Waals surface area contributed by atoms with Crippen molar-refractivity contribution in [1.29, 1.82) is 0 Å². The lowest BCUT2D eigenvalue weighted by Crippen LogP contribution is -2.37. The summed E-state index contributed by atoms with van der Waals surface area (Å²) >= 11 is 1.41. The summed E-state index contributed by atoms with van der Waals surface area (Å²) in [6, 6.07) is 9.64. The highest BCUT2D eigenvalue weighted by atomic mass is 32.2. The molecule has 0 aliphatic carbocycles. The van der Waals surface area contributed by atoms with E-state index in [1.165, 1.54) is 11.8 Å². The second-order valence-corrected chi connectivity index (χ2v) is 5.98. The SMILES string of the molecule is O=C1SCCC1NC[N+]1=C(N=Nc2ccccc2)CC=C1. The van der Waals surface area contributed by atoms with Gasteiger partial charge >= 0.3 is 5.84 Å². The summed E-state index contributed by atoms with van der Waals surface area (Å²) in [6.07, 6.45) is 5.71. The zero-order valence-electron chi connectivity index (χ0n) is 11.6. The number of nitrogens with zero attached hydrogens (tertiary/aromatic N) is 3. The molecular formula is C15H17N4OS+. The maximum atomic E-state index is 11.6. The number of nitrogens with one attached hydrogen (secondary N) is 1. The third-order valence-electron chi connectivity index (χ3n) is 3.40. The van der Waals surface area contributed by atoms with Gasteiger partial charge in [-0.1, -0.05) is 30.0 Å². The fourth-order valence-corrected chi connectivity index (χ4v) is 3.19. The molecule has 1 unspecified atom stereocenters. The van der Waals surface area contributed by atoms with Crippen LogP contribution in [0.2, 0.25) is 0 Å². The number of thioether (sulfide) groups is 1. The first-order valence-electron chi connectivity index (χ1n) is 6.99. The minimum absolute atomic E-state index is 0.0312. The van der Waals surface area contributed by atoms with Gasteiger partial charge in [0.05, 0.1) is 23.8 Å². The maximum Gasteiger partial charge on any atom is 0.331 e. The average Bonchev–Trinajstić information content (AvgIpc) is 3.13. The fraction of sp³-hybridized carbons (Fsp3) is 0.333. The van der Waals surface area contributed by atoms with E-state index in [0.29, 0.717) is 6.67 Å². The highest BCUT2D eigenvalue weighted by Crippen LogP contribution is 2.19. The van der Waals surface area contributed by atoms with Crippen LogP contribution in [0.15, 0.2) is 52.8 Å². The van der Waals surface area contributed by atoms with Crippen LogP contribution in [0.25, 0.3) is 0 Å². The molecule has 2 aliphatic heterocycles. The Labute approximate surface area is 127 Å². The molecule has 1 saturated heterocycles. The van der Waals surface area contributed by atoms with Crippen molar-refractivity contribution in [3.63, 3.8) is 0 Å². The topological polar surface area (TPSA) is 56.8 Å². The monoisotopic (exact) mass is 301 g/mol. The molecule has 3 rings (SSSR count). The molecule has 1 N–H and O–H groups in total. The molecule has 108 valence electrons. The Morgan fingerprint density at radius 2 is 2.14 bits per heavy atom. The maximum absolute atomic E-state index is 11.6. The standard InChI is InChI=1S/C15H17N4OS/c20-15-13(8-10-21-15)16-11-19-9-4-7-14(19)18-17-12-5-2-1-3-6-12/h1-6,9,13,16H,7-8,10-11H2/q+1. The van der Waals surface area contributed by atoms with E-state index in [1.54, 1.807) is 0 Å². The van der Waals surface area contributed by atoms with Crippen LogP contribution in [-0.2, 0) is 4.79 Å². The quantitative estimate of drug-likeness (QED) is 0.687. The second-order valence-electron chi connectivity index (χ2n) is 4.88. The van der Waals surface area contributed by atoms with E-state index >= 15 is 0 Å². The summed E-state index contributed by atoms with van der Waals surface area (Å²) in [7, 11) is 0. The summed E-state index contributed by atoms with van der Waals surface area (Å²) in [5.41, 5.74) is 0.840. The molecule has 0 spiro atoms. The Hall–Kier alpha value is -1.79. The van der Waals surface area contributed by atoms with Crippen LogP contribution in [0, 0.1) is 0 Å². The van der Waals surface area contributed by atoms with Crippen LogP contribution in [-0.4, -0.2) is 34.0 Å². The molecule has 6 heteroatoms. The number of azo groups is 1. The van der Waals surface area contributed by atoms with Gasteiger partial charge in [-0.2, -0.15) is 0 Å². The Bertz CT molecular complexity index is 609. The van der Waals surface area contributed by atoms with Gasteiger partial charge in [0.1, 0.15) is 12.4 Å². The molecule has 0 radical (unpaired) electrons. The van der Waals surface area contributed by atoms with Gasteiger partial charge < -0.3 is 0 Å². The normalized spacial score (nSPS) is 21.9.